The van der Waals surface area contributed by atoms with Gasteiger partial charge in [0, 0.05) is 11.3 Å². The molecule has 240 valence electrons. The molecule has 0 spiro atoms. The predicted octanol–water partition coefficient (Wildman–Crippen LogP) is 3.32. The Bertz CT molecular complexity index is 1510. The van der Waals surface area contributed by atoms with Crippen molar-refractivity contribution in [1.82, 2.24) is 0 Å². The number of anilines is 1. The molecule has 3 N–H and O–H groups in total. The van der Waals surface area contributed by atoms with Gasteiger partial charge in [-0.25, -0.2) is 4.79 Å². The molecule has 0 fully saturated rings. The Morgan fingerprint density at radius 3 is 1.84 bits per heavy atom. The minimum Gasteiger partial charge on any atom is -0.489 e. The van der Waals surface area contributed by atoms with E-state index in [1.165, 1.54) is 6.07 Å². The van der Waals surface area contributed by atoms with Crippen molar-refractivity contribution in [3.63, 3.8) is 0 Å². The van der Waals surface area contributed by atoms with Crippen LogP contribution >= 0.6 is 0 Å². The molecular weight excluding hydrogens is 644 g/mol. The summed E-state index contributed by atoms with van der Waals surface area (Å²) in [5, 5.41) is 2.56. The molecule has 0 amide bonds. The summed E-state index contributed by atoms with van der Waals surface area (Å²) in [5.74, 6) is -6.75. The van der Waals surface area contributed by atoms with E-state index in [-0.39, 0.29) is 18.0 Å². The molecule has 0 saturated carbocycles. The number of aryl methyl sites for hydroxylation is 1. The number of carbonyl (C=O) groups is 2. The monoisotopic (exact) mass is 667 g/mol. The zero-order chi connectivity index (χ0) is 32.8. The average molecular weight is 668 g/mol. The Balaban J connectivity index is 2.07. The van der Waals surface area contributed by atoms with E-state index < -0.39 is 80.3 Å². The fraction of sp³-hybridized carbons (Fsp3) is 0.391. The zero-order valence-corrected chi connectivity index (χ0v) is 23.3. The number of hydrogen-bond donors (Lipinski definition) is 3. The number of benzene rings is 2. The Morgan fingerprint density at radius 1 is 0.837 bits per heavy atom. The second kappa shape index (κ2) is 13.8. The molecule has 0 aliphatic rings. The van der Waals surface area contributed by atoms with E-state index in [0.717, 1.165) is 24.3 Å². The van der Waals surface area contributed by atoms with Crippen molar-refractivity contribution in [3.05, 3.63) is 59.2 Å². The van der Waals surface area contributed by atoms with Crippen molar-refractivity contribution in [2.75, 3.05) is 23.4 Å². The largest absolute Gasteiger partial charge is 0.489 e. The minimum atomic E-state index is -5.29. The molecule has 2 atom stereocenters. The maximum absolute atomic E-state index is 13.0. The number of carbonyl (C=O) groups excluding carboxylic acids is 2. The first-order valence-electron chi connectivity index (χ1n) is 11.5. The van der Waals surface area contributed by atoms with E-state index >= 15 is 0 Å². The molecule has 0 radical (unpaired) electrons. The summed E-state index contributed by atoms with van der Waals surface area (Å²) >= 11 is 0. The number of esters is 2. The van der Waals surface area contributed by atoms with Gasteiger partial charge in [-0.3, -0.25) is 13.9 Å². The van der Waals surface area contributed by atoms with Gasteiger partial charge >= 0.3 is 24.3 Å². The van der Waals surface area contributed by atoms with E-state index in [1.54, 1.807) is 19.1 Å². The van der Waals surface area contributed by atoms with Crippen LogP contribution in [0.1, 0.15) is 21.5 Å². The normalized spacial score (nSPS) is 14.0. The van der Waals surface area contributed by atoms with Gasteiger partial charge in [-0.2, -0.15) is 43.2 Å². The number of ether oxygens (including phenoxy) is 3. The lowest BCUT2D eigenvalue weighted by Gasteiger charge is -2.20. The van der Waals surface area contributed by atoms with Crippen molar-refractivity contribution in [2.24, 2.45) is 0 Å². The van der Waals surface area contributed by atoms with E-state index in [0.29, 0.717) is 11.1 Å². The SMILES string of the molecule is Cc1cccc(COc2ccc(C(=O)OC(CS(=O)(=O)O)C(F)(F)F)cc2)c1NCC(=O)OC(CS(=O)(=O)O)C(F)(F)F. The van der Waals surface area contributed by atoms with Crippen LogP contribution in [0.3, 0.4) is 0 Å². The van der Waals surface area contributed by atoms with Crippen LogP contribution in [0.5, 0.6) is 5.75 Å². The van der Waals surface area contributed by atoms with Gasteiger partial charge in [0.05, 0.1) is 5.56 Å². The zero-order valence-electron chi connectivity index (χ0n) is 21.7. The smallest absolute Gasteiger partial charge is 0.426 e. The molecule has 2 rings (SSSR count). The molecular formula is C23H23F6NO11S2. The quantitative estimate of drug-likeness (QED) is 0.161. The summed E-state index contributed by atoms with van der Waals surface area (Å²) in [6.45, 7) is 0.495. The number of rotatable bonds is 13. The number of para-hydroxylation sites is 1. The molecule has 20 heteroatoms. The number of hydrogen-bond acceptors (Lipinski definition) is 10. The number of halogens is 6. The van der Waals surface area contributed by atoms with Gasteiger partial charge in [0.2, 0.25) is 12.2 Å². The fourth-order valence-corrected chi connectivity index (χ4v) is 4.56. The summed E-state index contributed by atoms with van der Waals surface area (Å²) in [7, 11) is -10.3. The first kappa shape index (κ1) is 35.6. The van der Waals surface area contributed by atoms with Crippen LogP contribution in [0.25, 0.3) is 0 Å². The first-order valence-corrected chi connectivity index (χ1v) is 14.8. The van der Waals surface area contributed by atoms with Crippen LogP contribution in [-0.4, -0.2) is 80.5 Å². The molecule has 0 bridgehead atoms. The van der Waals surface area contributed by atoms with Crippen LogP contribution in [-0.2, 0) is 41.1 Å². The topological polar surface area (TPSA) is 183 Å². The highest BCUT2D eigenvalue weighted by atomic mass is 32.2. The van der Waals surface area contributed by atoms with Gasteiger partial charge in [0.15, 0.2) is 0 Å². The van der Waals surface area contributed by atoms with E-state index in [2.05, 4.69) is 14.8 Å². The van der Waals surface area contributed by atoms with Gasteiger partial charge < -0.3 is 19.5 Å². The Kier molecular flexibility index (Phi) is 11.4. The molecule has 12 nitrogen and oxygen atoms in total. The third-order valence-corrected chi connectivity index (χ3v) is 6.68. The molecule has 2 aromatic rings. The van der Waals surface area contributed by atoms with Crippen molar-refractivity contribution in [2.45, 2.75) is 38.1 Å². The highest BCUT2D eigenvalue weighted by Crippen LogP contribution is 2.27. The first-order chi connectivity index (χ1) is 19.5. The summed E-state index contributed by atoms with van der Waals surface area (Å²) in [5.41, 5.74) is 0.677. The third-order valence-electron chi connectivity index (χ3n) is 5.23. The van der Waals surface area contributed by atoms with Crippen molar-refractivity contribution >= 4 is 37.9 Å². The van der Waals surface area contributed by atoms with Gasteiger partial charge in [0.25, 0.3) is 20.2 Å². The highest BCUT2D eigenvalue weighted by Gasteiger charge is 2.46. The van der Waals surface area contributed by atoms with Crippen molar-refractivity contribution in [1.29, 1.82) is 0 Å². The Hall–Kier alpha value is -3.62. The third kappa shape index (κ3) is 12.3. The summed E-state index contributed by atoms with van der Waals surface area (Å²) in [6, 6.07) is 9.00. The molecule has 0 heterocycles. The lowest BCUT2D eigenvalue weighted by molar-refractivity contribution is -0.214. The summed E-state index contributed by atoms with van der Waals surface area (Å²) in [4.78, 5) is 24.1. The maximum Gasteiger partial charge on any atom is 0.426 e. The summed E-state index contributed by atoms with van der Waals surface area (Å²) < 4.78 is 153. The van der Waals surface area contributed by atoms with Crippen LogP contribution in [0, 0.1) is 6.92 Å². The van der Waals surface area contributed by atoms with Crippen molar-refractivity contribution in [3.8, 4) is 5.75 Å². The molecule has 0 aliphatic carbocycles. The van der Waals surface area contributed by atoms with Gasteiger partial charge in [-0.15, -0.1) is 0 Å². The maximum atomic E-state index is 13.0. The lowest BCUT2D eigenvalue weighted by atomic mass is 10.1. The molecule has 0 aromatic heterocycles. The average Bonchev–Trinajstić information content (AvgIpc) is 2.83. The van der Waals surface area contributed by atoms with Crippen LogP contribution in [0.15, 0.2) is 42.5 Å². The van der Waals surface area contributed by atoms with E-state index in [1.807, 2.05) is 0 Å². The molecule has 2 unspecified atom stereocenters. The van der Waals surface area contributed by atoms with Gasteiger partial charge in [0.1, 0.15) is 30.4 Å². The molecule has 0 aliphatic heterocycles. The van der Waals surface area contributed by atoms with Crippen molar-refractivity contribution < 1.29 is 76.1 Å². The minimum absolute atomic E-state index is 0.0759. The second-order valence-corrected chi connectivity index (χ2v) is 11.7. The molecule has 43 heavy (non-hydrogen) atoms. The van der Waals surface area contributed by atoms with Gasteiger partial charge in [-0.05, 0) is 36.8 Å². The molecule has 0 saturated heterocycles. The Labute approximate surface area is 240 Å². The highest BCUT2D eigenvalue weighted by molar-refractivity contribution is 7.86. The van der Waals surface area contributed by atoms with E-state index in [4.69, 9.17) is 13.8 Å². The number of alkyl halides is 6. The number of nitrogens with one attached hydrogen (secondary N) is 1. The Morgan fingerprint density at radius 2 is 1.35 bits per heavy atom. The lowest BCUT2D eigenvalue weighted by Crippen LogP contribution is -2.40. The fourth-order valence-electron chi connectivity index (χ4n) is 3.28. The van der Waals surface area contributed by atoms with Crippen LogP contribution < -0.4 is 10.1 Å². The standard InChI is InChI=1S/C23H23F6NO11S2/c1-13-3-2-4-15(20(13)30-9-19(31)40-17(22(24,25)26)11-42(33,34)35)10-39-16-7-5-14(6-8-16)21(32)41-18(23(27,28)29)12-43(36,37)38/h2-8,17-18,30H,9-12H2,1H3,(H,33,34,35)(H,36,37,38). The summed E-state index contributed by atoms with van der Waals surface area (Å²) in [6.07, 6.45) is -16.8. The molecule has 2 aromatic carbocycles. The van der Waals surface area contributed by atoms with E-state index in [9.17, 15) is 52.8 Å². The van der Waals surface area contributed by atoms with Crippen LogP contribution in [0.2, 0.25) is 0 Å². The van der Waals surface area contributed by atoms with Gasteiger partial charge in [-0.1, -0.05) is 18.2 Å². The predicted molar refractivity (Wildman–Crippen MR) is 134 cm³/mol. The van der Waals surface area contributed by atoms with Crippen LogP contribution in [0.4, 0.5) is 32.0 Å². The second-order valence-electron chi connectivity index (χ2n) is 8.73.